The van der Waals surface area contributed by atoms with Gasteiger partial charge in [-0.3, -0.25) is 0 Å². The predicted octanol–water partition coefficient (Wildman–Crippen LogP) is 1.08. The summed E-state index contributed by atoms with van der Waals surface area (Å²) in [6.07, 6.45) is 0.461. The van der Waals surface area contributed by atoms with Gasteiger partial charge in [0.05, 0.1) is 6.10 Å². The number of ether oxygens (including phenoxy) is 1. The first-order chi connectivity index (χ1) is 7.60. The van der Waals surface area contributed by atoms with Crippen molar-refractivity contribution in [3.63, 3.8) is 0 Å². The highest BCUT2D eigenvalue weighted by atomic mass is 35.5. The molecule has 0 amide bonds. The molecule has 1 saturated heterocycles. The Bertz CT molecular complexity index is 360. The maximum absolute atomic E-state index is 10.2. The molecule has 2 rings (SSSR count). The van der Waals surface area contributed by atoms with Crippen molar-refractivity contribution < 1.29 is 9.84 Å². The Labute approximate surface area is 98.8 Å². The van der Waals surface area contributed by atoms with Crippen LogP contribution >= 0.6 is 11.6 Å². The second kappa shape index (κ2) is 4.53. The summed E-state index contributed by atoms with van der Waals surface area (Å²) in [6, 6.07) is 3.37. The Morgan fingerprint density at radius 2 is 2.44 bits per heavy atom. The standard InChI is InChI=1S/C10H14ClN3O2/c1-7-10(15,4-5-16-7)6-12-9-3-2-8(11)13-14-9/h2-3,7,15H,4-6H2,1H3,(H,12,14). The molecule has 2 unspecified atom stereocenters. The highest BCUT2D eigenvalue weighted by Gasteiger charge is 2.39. The van der Waals surface area contributed by atoms with Gasteiger partial charge >= 0.3 is 0 Å². The number of hydrogen-bond acceptors (Lipinski definition) is 5. The van der Waals surface area contributed by atoms with Gasteiger partial charge in [0.15, 0.2) is 5.15 Å². The Morgan fingerprint density at radius 1 is 1.62 bits per heavy atom. The SMILES string of the molecule is CC1OCCC1(O)CNc1ccc(Cl)nn1. The summed E-state index contributed by atoms with van der Waals surface area (Å²) < 4.78 is 5.33. The summed E-state index contributed by atoms with van der Waals surface area (Å²) >= 11 is 5.62. The van der Waals surface area contributed by atoms with Gasteiger partial charge in [-0.15, -0.1) is 10.2 Å². The minimum absolute atomic E-state index is 0.166. The van der Waals surface area contributed by atoms with E-state index < -0.39 is 5.60 Å². The fourth-order valence-corrected chi connectivity index (χ4v) is 1.76. The number of nitrogens with zero attached hydrogens (tertiary/aromatic N) is 2. The molecular weight excluding hydrogens is 230 g/mol. The maximum atomic E-state index is 10.2. The Hall–Kier alpha value is -0.910. The van der Waals surface area contributed by atoms with Crippen LogP contribution < -0.4 is 5.32 Å². The molecule has 2 heterocycles. The van der Waals surface area contributed by atoms with Crippen LogP contribution in [0, 0.1) is 0 Å². The van der Waals surface area contributed by atoms with E-state index in [4.69, 9.17) is 16.3 Å². The van der Waals surface area contributed by atoms with E-state index in [9.17, 15) is 5.11 Å². The smallest absolute Gasteiger partial charge is 0.151 e. The van der Waals surface area contributed by atoms with Crippen LogP contribution in [0.25, 0.3) is 0 Å². The molecule has 0 bridgehead atoms. The zero-order valence-corrected chi connectivity index (χ0v) is 9.74. The minimum Gasteiger partial charge on any atom is -0.385 e. The van der Waals surface area contributed by atoms with E-state index in [0.29, 0.717) is 30.5 Å². The van der Waals surface area contributed by atoms with Gasteiger partial charge in [0.2, 0.25) is 0 Å². The molecule has 0 radical (unpaired) electrons. The van der Waals surface area contributed by atoms with E-state index in [1.807, 2.05) is 6.92 Å². The van der Waals surface area contributed by atoms with Crippen LogP contribution in [0.5, 0.6) is 0 Å². The Kier molecular flexibility index (Phi) is 3.28. The Balaban J connectivity index is 1.94. The van der Waals surface area contributed by atoms with Gasteiger partial charge in [-0.1, -0.05) is 11.6 Å². The van der Waals surface area contributed by atoms with Gasteiger partial charge in [0, 0.05) is 19.6 Å². The average Bonchev–Trinajstić information content (AvgIpc) is 2.59. The molecule has 0 spiro atoms. The molecule has 1 aliphatic heterocycles. The second-order valence-corrected chi connectivity index (χ2v) is 4.35. The van der Waals surface area contributed by atoms with Crippen molar-refractivity contribution in [2.75, 3.05) is 18.5 Å². The summed E-state index contributed by atoms with van der Waals surface area (Å²) in [7, 11) is 0. The van der Waals surface area contributed by atoms with E-state index in [2.05, 4.69) is 15.5 Å². The molecule has 1 aliphatic rings. The van der Waals surface area contributed by atoms with Gasteiger partial charge in [0.25, 0.3) is 0 Å². The summed E-state index contributed by atoms with van der Waals surface area (Å²) in [5, 5.41) is 21.1. The molecule has 2 atom stereocenters. The third-order valence-corrected chi connectivity index (χ3v) is 3.07. The van der Waals surface area contributed by atoms with Crippen LogP contribution in [-0.4, -0.2) is 40.2 Å². The monoisotopic (exact) mass is 243 g/mol. The second-order valence-electron chi connectivity index (χ2n) is 3.96. The van der Waals surface area contributed by atoms with Crippen molar-refractivity contribution in [2.24, 2.45) is 0 Å². The molecule has 16 heavy (non-hydrogen) atoms. The van der Waals surface area contributed by atoms with Crippen LogP contribution in [-0.2, 0) is 4.74 Å². The molecule has 2 N–H and O–H groups in total. The lowest BCUT2D eigenvalue weighted by atomic mass is 9.97. The molecular formula is C10H14ClN3O2. The number of halogens is 1. The molecule has 1 aromatic rings. The van der Waals surface area contributed by atoms with Crippen LogP contribution in [0.2, 0.25) is 5.15 Å². The minimum atomic E-state index is -0.832. The molecule has 0 aliphatic carbocycles. The van der Waals surface area contributed by atoms with Gasteiger partial charge < -0.3 is 15.2 Å². The van der Waals surface area contributed by atoms with Crippen molar-refractivity contribution in [3.05, 3.63) is 17.3 Å². The number of nitrogens with one attached hydrogen (secondary N) is 1. The number of aliphatic hydroxyl groups is 1. The first-order valence-electron chi connectivity index (χ1n) is 5.17. The summed E-state index contributed by atoms with van der Waals surface area (Å²) in [5.41, 5.74) is -0.832. The molecule has 6 heteroatoms. The number of rotatable bonds is 3. The van der Waals surface area contributed by atoms with Crippen LogP contribution in [0.15, 0.2) is 12.1 Å². The van der Waals surface area contributed by atoms with Crippen molar-refractivity contribution in [1.29, 1.82) is 0 Å². The third-order valence-electron chi connectivity index (χ3n) is 2.87. The van der Waals surface area contributed by atoms with E-state index in [0.717, 1.165) is 0 Å². The van der Waals surface area contributed by atoms with E-state index in [1.165, 1.54) is 0 Å². The van der Waals surface area contributed by atoms with Gasteiger partial charge in [-0.25, -0.2) is 0 Å². The average molecular weight is 244 g/mol. The van der Waals surface area contributed by atoms with Gasteiger partial charge in [0.1, 0.15) is 11.4 Å². The van der Waals surface area contributed by atoms with Crippen molar-refractivity contribution in [3.8, 4) is 0 Å². The fourth-order valence-electron chi connectivity index (χ4n) is 1.66. The lowest BCUT2D eigenvalue weighted by Crippen LogP contribution is -2.43. The maximum Gasteiger partial charge on any atom is 0.151 e. The summed E-state index contributed by atoms with van der Waals surface area (Å²) in [4.78, 5) is 0. The number of hydrogen-bond donors (Lipinski definition) is 2. The molecule has 1 fully saturated rings. The third kappa shape index (κ3) is 2.42. The normalized spacial score (nSPS) is 29.3. The molecule has 0 saturated carbocycles. The zero-order chi connectivity index (χ0) is 11.6. The van der Waals surface area contributed by atoms with Crippen LogP contribution in [0.3, 0.4) is 0 Å². The number of anilines is 1. The molecule has 88 valence electrons. The van der Waals surface area contributed by atoms with Crippen LogP contribution in [0.1, 0.15) is 13.3 Å². The Morgan fingerprint density at radius 3 is 3.00 bits per heavy atom. The first-order valence-corrected chi connectivity index (χ1v) is 5.55. The molecule has 5 nitrogen and oxygen atoms in total. The van der Waals surface area contributed by atoms with Gasteiger partial charge in [-0.2, -0.15) is 0 Å². The fraction of sp³-hybridized carbons (Fsp3) is 0.600. The zero-order valence-electron chi connectivity index (χ0n) is 8.98. The quantitative estimate of drug-likeness (QED) is 0.832. The lowest BCUT2D eigenvalue weighted by Gasteiger charge is -2.26. The predicted molar refractivity (Wildman–Crippen MR) is 60.5 cm³/mol. The first kappa shape index (κ1) is 11.6. The summed E-state index contributed by atoms with van der Waals surface area (Å²) in [5.74, 6) is 0.594. The molecule has 1 aromatic heterocycles. The molecule has 0 aromatic carbocycles. The largest absolute Gasteiger partial charge is 0.385 e. The van der Waals surface area contributed by atoms with E-state index in [1.54, 1.807) is 12.1 Å². The topological polar surface area (TPSA) is 67.3 Å². The van der Waals surface area contributed by atoms with E-state index >= 15 is 0 Å². The van der Waals surface area contributed by atoms with Crippen LogP contribution in [0.4, 0.5) is 5.82 Å². The lowest BCUT2D eigenvalue weighted by molar-refractivity contribution is -0.0176. The van der Waals surface area contributed by atoms with Crippen molar-refractivity contribution >= 4 is 17.4 Å². The van der Waals surface area contributed by atoms with E-state index in [-0.39, 0.29) is 6.10 Å². The van der Waals surface area contributed by atoms with Crippen molar-refractivity contribution in [2.45, 2.75) is 25.0 Å². The highest BCUT2D eigenvalue weighted by Crippen LogP contribution is 2.25. The van der Waals surface area contributed by atoms with Crippen molar-refractivity contribution in [1.82, 2.24) is 10.2 Å². The number of aromatic nitrogens is 2. The summed E-state index contributed by atoms with van der Waals surface area (Å²) in [6.45, 7) is 2.85. The highest BCUT2D eigenvalue weighted by molar-refractivity contribution is 6.29. The van der Waals surface area contributed by atoms with Gasteiger partial charge in [-0.05, 0) is 19.1 Å².